The van der Waals surface area contributed by atoms with Crippen LogP contribution in [0.3, 0.4) is 0 Å². The Hall–Kier alpha value is -2.80. The Bertz CT molecular complexity index is 857. The van der Waals surface area contributed by atoms with E-state index in [9.17, 15) is 9.50 Å². The molecule has 1 aliphatic heterocycles. The molecular formula is C23H30FN3O3. The van der Waals surface area contributed by atoms with E-state index < -0.39 is 0 Å². The van der Waals surface area contributed by atoms with Crippen molar-refractivity contribution in [1.82, 2.24) is 10.2 Å². The Morgan fingerprint density at radius 2 is 2.03 bits per heavy atom. The second kappa shape index (κ2) is 10.3. The summed E-state index contributed by atoms with van der Waals surface area (Å²) >= 11 is 0. The monoisotopic (exact) mass is 415 g/mol. The molecule has 2 N–H and O–H groups in total. The maximum atomic E-state index is 13.3. The average molecular weight is 416 g/mol. The minimum Gasteiger partial charge on any atom is -0.508 e. The van der Waals surface area contributed by atoms with Crippen LogP contribution < -0.4 is 10.1 Å². The van der Waals surface area contributed by atoms with Gasteiger partial charge in [0.1, 0.15) is 23.4 Å². The highest BCUT2D eigenvalue weighted by molar-refractivity contribution is 5.80. The van der Waals surface area contributed by atoms with E-state index in [1.54, 1.807) is 25.3 Å². The maximum absolute atomic E-state index is 13.3. The predicted molar refractivity (Wildman–Crippen MR) is 116 cm³/mol. The first-order valence-corrected chi connectivity index (χ1v) is 10.3. The van der Waals surface area contributed by atoms with Gasteiger partial charge in [0.05, 0.1) is 19.8 Å². The molecule has 1 aliphatic rings. The molecule has 1 heterocycles. The SMILES string of the molecule is CCNC(=NCCc1ccc(OC)cc1O)N1CC(C)OC(c2ccc(F)cc2)C1. The van der Waals surface area contributed by atoms with Gasteiger partial charge in [-0.3, -0.25) is 4.99 Å². The van der Waals surface area contributed by atoms with Crippen LogP contribution in [-0.4, -0.2) is 55.4 Å². The molecule has 2 atom stereocenters. The molecule has 7 heteroatoms. The molecule has 162 valence electrons. The number of aliphatic imine (C=N–C) groups is 1. The minimum absolute atomic E-state index is 0.0169. The average Bonchev–Trinajstić information content (AvgIpc) is 2.74. The minimum atomic E-state index is -0.254. The topological polar surface area (TPSA) is 66.3 Å². The lowest BCUT2D eigenvalue weighted by atomic mass is 10.1. The molecule has 0 bridgehead atoms. The van der Waals surface area contributed by atoms with Crippen LogP contribution in [0, 0.1) is 5.82 Å². The smallest absolute Gasteiger partial charge is 0.194 e. The molecule has 2 aromatic carbocycles. The zero-order valence-electron chi connectivity index (χ0n) is 17.8. The summed E-state index contributed by atoms with van der Waals surface area (Å²) in [5.74, 6) is 1.40. The number of methoxy groups -OCH3 is 1. The number of aromatic hydroxyl groups is 1. The zero-order valence-corrected chi connectivity index (χ0v) is 17.8. The maximum Gasteiger partial charge on any atom is 0.194 e. The number of guanidine groups is 1. The first-order valence-electron chi connectivity index (χ1n) is 10.3. The van der Waals surface area contributed by atoms with Gasteiger partial charge in [-0.15, -0.1) is 0 Å². The highest BCUT2D eigenvalue weighted by Gasteiger charge is 2.28. The fourth-order valence-electron chi connectivity index (χ4n) is 3.58. The van der Waals surface area contributed by atoms with Gasteiger partial charge in [-0.2, -0.15) is 0 Å². The molecule has 30 heavy (non-hydrogen) atoms. The summed E-state index contributed by atoms with van der Waals surface area (Å²) in [4.78, 5) is 6.95. The summed E-state index contributed by atoms with van der Waals surface area (Å²) in [5.41, 5.74) is 1.78. The van der Waals surface area contributed by atoms with Crippen LogP contribution in [0.4, 0.5) is 4.39 Å². The van der Waals surface area contributed by atoms with Crippen molar-refractivity contribution in [2.24, 2.45) is 4.99 Å². The van der Waals surface area contributed by atoms with Gasteiger partial charge in [-0.05, 0) is 49.6 Å². The van der Waals surface area contributed by atoms with Gasteiger partial charge in [-0.1, -0.05) is 18.2 Å². The summed E-state index contributed by atoms with van der Waals surface area (Å²) in [5, 5.41) is 13.5. The molecule has 3 rings (SSSR count). The third-order valence-electron chi connectivity index (χ3n) is 5.07. The number of nitrogens with one attached hydrogen (secondary N) is 1. The van der Waals surface area contributed by atoms with Crippen LogP contribution in [0.15, 0.2) is 47.5 Å². The van der Waals surface area contributed by atoms with E-state index in [2.05, 4.69) is 10.2 Å². The number of benzene rings is 2. The van der Waals surface area contributed by atoms with E-state index in [1.807, 2.05) is 26.0 Å². The zero-order chi connectivity index (χ0) is 21.5. The van der Waals surface area contributed by atoms with Gasteiger partial charge < -0.3 is 24.8 Å². The molecule has 0 spiro atoms. The van der Waals surface area contributed by atoms with Crippen LogP contribution in [0.2, 0.25) is 0 Å². The molecule has 0 aromatic heterocycles. The number of rotatable bonds is 6. The van der Waals surface area contributed by atoms with Crippen molar-refractivity contribution >= 4 is 5.96 Å². The summed E-state index contributed by atoms with van der Waals surface area (Å²) in [6.45, 7) is 6.70. The Balaban J connectivity index is 1.69. The quantitative estimate of drug-likeness (QED) is 0.558. The lowest BCUT2D eigenvalue weighted by molar-refractivity contribution is -0.0605. The summed E-state index contributed by atoms with van der Waals surface area (Å²) in [7, 11) is 1.57. The summed E-state index contributed by atoms with van der Waals surface area (Å²) in [6.07, 6.45) is 0.485. The summed E-state index contributed by atoms with van der Waals surface area (Å²) in [6, 6.07) is 11.8. The Morgan fingerprint density at radius 1 is 1.27 bits per heavy atom. The van der Waals surface area contributed by atoms with Crippen molar-refractivity contribution < 1.29 is 19.0 Å². The van der Waals surface area contributed by atoms with E-state index in [-0.39, 0.29) is 23.8 Å². The van der Waals surface area contributed by atoms with E-state index in [0.717, 1.165) is 30.2 Å². The number of halogens is 1. The normalized spacial score (nSPS) is 19.6. The van der Waals surface area contributed by atoms with Crippen LogP contribution >= 0.6 is 0 Å². The molecule has 0 aliphatic carbocycles. The first kappa shape index (κ1) is 21.9. The van der Waals surface area contributed by atoms with Gasteiger partial charge in [0.2, 0.25) is 0 Å². The van der Waals surface area contributed by atoms with Crippen molar-refractivity contribution in [2.75, 3.05) is 33.3 Å². The molecule has 2 aromatic rings. The van der Waals surface area contributed by atoms with E-state index in [1.165, 1.54) is 12.1 Å². The van der Waals surface area contributed by atoms with Crippen LogP contribution in [0.5, 0.6) is 11.5 Å². The standard InChI is InChI=1S/C23H30FN3O3/c1-4-25-23(26-12-11-17-7-10-20(29-3)13-21(17)28)27-14-16(2)30-22(15-27)18-5-8-19(24)9-6-18/h5-10,13,16,22,28H,4,11-12,14-15H2,1-3H3,(H,25,26). The lowest BCUT2D eigenvalue weighted by Crippen LogP contribution is -2.50. The second-order valence-corrected chi connectivity index (χ2v) is 7.37. The third kappa shape index (κ3) is 5.63. The Labute approximate surface area is 177 Å². The Kier molecular flexibility index (Phi) is 7.52. The van der Waals surface area contributed by atoms with Crippen LogP contribution in [0.1, 0.15) is 31.1 Å². The number of hydrogen-bond donors (Lipinski definition) is 2. The number of morpholine rings is 1. The number of ether oxygens (including phenoxy) is 2. The molecular weight excluding hydrogens is 385 g/mol. The van der Waals surface area contributed by atoms with Crippen molar-refractivity contribution in [3.63, 3.8) is 0 Å². The fraction of sp³-hybridized carbons (Fsp3) is 0.435. The van der Waals surface area contributed by atoms with E-state index >= 15 is 0 Å². The molecule has 1 saturated heterocycles. The molecule has 0 amide bonds. The second-order valence-electron chi connectivity index (χ2n) is 7.37. The molecule has 6 nitrogen and oxygen atoms in total. The first-order chi connectivity index (χ1) is 14.5. The van der Waals surface area contributed by atoms with Crippen molar-refractivity contribution in [1.29, 1.82) is 0 Å². The Morgan fingerprint density at radius 3 is 2.70 bits per heavy atom. The van der Waals surface area contributed by atoms with Crippen molar-refractivity contribution in [3.8, 4) is 11.5 Å². The number of hydrogen-bond acceptors (Lipinski definition) is 4. The van der Waals surface area contributed by atoms with Gasteiger partial charge in [0, 0.05) is 25.7 Å². The number of phenolic OH excluding ortho intramolecular Hbond substituents is 1. The molecule has 0 saturated carbocycles. The lowest BCUT2D eigenvalue weighted by Gasteiger charge is -2.38. The molecule has 2 unspecified atom stereocenters. The number of nitrogens with zero attached hydrogens (tertiary/aromatic N) is 2. The molecule has 1 fully saturated rings. The van der Waals surface area contributed by atoms with Crippen LogP contribution in [0.25, 0.3) is 0 Å². The van der Waals surface area contributed by atoms with Crippen LogP contribution in [-0.2, 0) is 11.2 Å². The number of phenols is 1. The molecule has 0 radical (unpaired) electrons. The summed E-state index contributed by atoms with van der Waals surface area (Å²) < 4.78 is 24.5. The predicted octanol–water partition coefficient (Wildman–Crippen LogP) is 3.51. The highest BCUT2D eigenvalue weighted by Crippen LogP contribution is 2.26. The van der Waals surface area contributed by atoms with Gasteiger partial charge in [-0.25, -0.2) is 4.39 Å². The highest BCUT2D eigenvalue weighted by atomic mass is 19.1. The van der Waals surface area contributed by atoms with Gasteiger partial charge in [0.25, 0.3) is 0 Å². The third-order valence-corrected chi connectivity index (χ3v) is 5.07. The largest absolute Gasteiger partial charge is 0.508 e. The van der Waals surface area contributed by atoms with Gasteiger partial charge >= 0.3 is 0 Å². The fourth-order valence-corrected chi connectivity index (χ4v) is 3.58. The van der Waals surface area contributed by atoms with Gasteiger partial charge in [0.15, 0.2) is 5.96 Å². The van der Waals surface area contributed by atoms with E-state index in [0.29, 0.717) is 25.3 Å². The van der Waals surface area contributed by atoms with Crippen molar-refractivity contribution in [3.05, 3.63) is 59.4 Å². The van der Waals surface area contributed by atoms with E-state index in [4.69, 9.17) is 14.5 Å². The van der Waals surface area contributed by atoms with Crippen molar-refractivity contribution in [2.45, 2.75) is 32.5 Å².